The minimum atomic E-state index is -0.551. The molecule has 0 heterocycles. The Kier molecular flexibility index (Phi) is 5.33. The summed E-state index contributed by atoms with van der Waals surface area (Å²) in [6.07, 6.45) is 2.74. The van der Waals surface area contributed by atoms with E-state index in [1.165, 1.54) is 19.2 Å². The first-order valence-corrected chi connectivity index (χ1v) is 7.65. The van der Waals surface area contributed by atoms with Crippen LogP contribution < -0.4 is 5.32 Å². The number of amides is 1. The largest absolute Gasteiger partial charge is 0.469 e. The second-order valence-electron chi connectivity index (χ2n) is 5.14. The minimum Gasteiger partial charge on any atom is -0.469 e. The lowest BCUT2D eigenvalue weighted by Gasteiger charge is -2.27. The summed E-state index contributed by atoms with van der Waals surface area (Å²) < 4.78 is 18.9. The van der Waals surface area contributed by atoms with Gasteiger partial charge in [-0.3, -0.25) is 9.59 Å². The number of methoxy groups -OCH3 is 1. The molecule has 0 unspecified atom stereocenters. The number of hydrogen-bond donors (Lipinski definition) is 1. The number of ether oxygens (including phenoxy) is 1. The van der Waals surface area contributed by atoms with Crippen molar-refractivity contribution in [3.05, 3.63) is 34.1 Å². The number of rotatable bonds is 3. The molecule has 6 heteroatoms. The molecule has 114 valence electrons. The van der Waals surface area contributed by atoms with Crippen LogP contribution in [-0.4, -0.2) is 25.0 Å². The molecule has 1 saturated carbocycles. The first-order valence-electron chi connectivity index (χ1n) is 6.85. The molecule has 2 rings (SSSR count). The summed E-state index contributed by atoms with van der Waals surface area (Å²) in [4.78, 5) is 23.6. The molecule has 0 saturated heterocycles. The van der Waals surface area contributed by atoms with Gasteiger partial charge in [-0.2, -0.15) is 0 Å². The van der Waals surface area contributed by atoms with Gasteiger partial charge in [-0.15, -0.1) is 0 Å². The molecule has 1 amide bonds. The van der Waals surface area contributed by atoms with E-state index in [4.69, 9.17) is 4.74 Å². The molecule has 4 nitrogen and oxygen atoms in total. The summed E-state index contributed by atoms with van der Waals surface area (Å²) in [6.45, 7) is 0. The van der Waals surface area contributed by atoms with Crippen molar-refractivity contribution in [3.63, 3.8) is 0 Å². The number of benzene rings is 1. The standard InChI is InChI=1S/C15H17BrFNO3/c1-21-15(20)9-5-7-10(8-6-9)18-14(19)13-11(16)3-2-4-12(13)17/h2-4,9-10H,5-8H2,1H3,(H,18,19). The Morgan fingerprint density at radius 1 is 1.29 bits per heavy atom. The predicted octanol–water partition coefficient (Wildman–Crippen LogP) is 3.05. The molecule has 1 aromatic rings. The van der Waals surface area contributed by atoms with Crippen molar-refractivity contribution in [3.8, 4) is 0 Å². The van der Waals surface area contributed by atoms with E-state index < -0.39 is 11.7 Å². The van der Waals surface area contributed by atoms with Crippen molar-refractivity contribution in [2.75, 3.05) is 7.11 Å². The molecule has 0 spiro atoms. The fraction of sp³-hybridized carbons (Fsp3) is 0.467. The Hall–Kier alpha value is -1.43. The zero-order chi connectivity index (χ0) is 15.4. The van der Waals surface area contributed by atoms with Crippen LogP contribution in [0.5, 0.6) is 0 Å². The van der Waals surface area contributed by atoms with E-state index in [0.29, 0.717) is 30.2 Å². The summed E-state index contributed by atoms with van der Waals surface area (Å²) in [6, 6.07) is 4.39. The Morgan fingerprint density at radius 3 is 2.52 bits per heavy atom. The van der Waals surface area contributed by atoms with E-state index in [0.717, 1.165) is 0 Å². The molecule has 1 aliphatic rings. The number of esters is 1. The zero-order valence-electron chi connectivity index (χ0n) is 11.7. The zero-order valence-corrected chi connectivity index (χ0v) is 13.3. The van der Waals surface area contributed by atoms with Crippen LogP contribution in [0, 0.1) is 11.7 Å². The highest BCUT2D eigenvalue weighted by Gasteiger charge is 2.28. The van der Waals surface area contributed by atoms with Gasteiger partial charge in [-0.05, 0) is 53.7 Å². The average Bonchev–Trinajstić information content (AvgIpc) is 2.47. The summed E-state index contributed by atoms with van der Waals surface area (Å²) in [5, 5.41) is 2.83. The molecular formula is C15H17BrFNO3. The number of halogens is 2. The van der Waals surface area contributed by atoms with Crippen molar-refractivity contribution < 1.29 is 18.7 Å². The van der Waals surface area contributed by atoms with Gasteiger partial charge in [0.15, 0.2) is 0 Å². The molecule has 0 radical (unpaired) electrons. The predicted molar refractivity (Wildman–Crippen MR) is 79.3 cm³/mol. The van der Waals surface area contributed by atoms with E-state index in [9.17, 15) is 14.0 Å². The van der Waals surface area contributed by atoms with E-state index >= 15 is 0 Å². The van der Waals surface area contributed by atoms with Crippen molar-refractivity contribution in [1.29, 1.82) is 0 Å². The fourth-order valence-corrected chi connectivity index (χ4v) is 3.13. The van der Waals surface area contributed by atoms with Crippen LogP contribution in [0.15, 0.2) is 22.7 Å². The maximum Gasteiger partial charge on any atom is 0.308 e. The summed E-state index contributed by atoms with van der Waals surface area (Å²) in [5.41, 5.74) is 0.0209. The third-order valence-electron chi connectivity index (χ3n) is 3.79. The minimum absolute atomic E-state index is 0.0209. The van der Waals surface area contributed by atoms with E-state index in [-0.39, 0.29) is 23.5 Å². The lowest BCUT2D eigenvalue weighted by Crippen LogP contribution is -2.39. The average molecular weight is 358 g/mol. The maximum atomic E-state index is 13.7. The molecule has 0 bridgehead atoms. The highest BCUT2D eigenvalue weighted by Crippen LogP contribution is 2.26. The van der Waals surface area contributed by atoms with Crippen molar-refractivity contribution in [2.24, 2.45) is 5.92 Å². The van der Waals surface area contributed by atoms with Crippen LogP contribution in [-0.2, 0) is 9.53 Å². The van der Waals surface area contributed by atoms with Crippen LogP contribution >= 0.6 is 15.9 Å². The molecule has 1 fully saturated rings. The van der Waals surface area contributed by atoms with Gasteiger partial charge in [0.2, 0.25) is 0 Å². The van der Waals surface area contributed by atoms with Gasteiger partial charge < -0.3 is 10.1 Å². The fourth-order valence-electron chi connectivity index (χ4n) is 2.61. The lowest BCUT2D eigenvalue weighted by atomic mass is 9.86. The van der Waals surface area contributed by atoms with Crippen molar-refractivity contribution in [1.82, 2.24) is 5.32 Å². The second-order valence-corrected chi connectivity index (χ2v) is 6.00. The third kappa shape index (κ3) is 3.81. The summed E-state index contributed by atoms with van der Waals surface area (Å²) in [7, 11) is 1.38. The smallest absolute Gasteiger partial charge is 0.308 e. The quantitative estimate of drug-likeness (QED) is 0.845. The third-order valence-corrected chi connectivity index (χ3v) is 4.45. The van der Waals surface area contributed by atoms with Gasteiger partial charge >= 0.3 is 5.97 Å². The molecule has 1 N–H and O–H groups in total. The first-order chi connectivity index (χ1) is 10.0. The Bertz CT molecular complexity index is 521. The lowest BCUT2D eigenvalue weighted by molar-refractivity contribution is -0.146. The maximum absolute atomic E-state index is 13.7. The van der Waals surface area contributed by atoms with Crippen LogP contribution in [0.25, 0.3) is 0 Å². The van der Waals surface area contributed by atoms with E-state index in [1.807, 2.05) is 0 Å². The number of carbonyl (C=O) groups excluding carboxylic acids is 2. The van der Waals surface area contributed by atoms with Crippen molar-refractivity contribution >= 4 is 27.8 Å². The molecule has 0 aliphatic heterocycles. The van der Waals surface area contributed by atoms with Gasteiger partial charge in [0.05, 0.1) is 18.6 Å². The van der Waals surface area contributed by atoms with Crippen molar-refractivity contribution in [2.45, 2.75) is 31.7 Å². The molecule has 21 heavy (non-hydrogen) atoms. The van der Waals surface area contributed by atoms with Gasteiger partial charge in [0.25, 0.3) is 5.91 Å². The van der Waals surface area contributed by atoms with Crippen LogP contribution in [0.4, 0.5) is 4.39 Å². The van der Waals surface area contributed by atoms with Crippen LogP contribution in [0.1, 0.15) is 36.0 Å². The van der Waals surface area contributed by atoms with Crippen LogP contribution in [0.2, 0.25) is 0 Å². The topological polar surface area (TPSA) is 55.4 Å². The second kappa shape index (κ2) is 7.02. The highest BCUT2D eigenvalue weighted by molar-refractivity contribution is 9.10. The Morgan fingerprint density at radius 2 is 1.95 bits per heavy atom. The number of nitrogens with one attached hydrogen (secondary N) is 1. The van der Waals surface area contributed by atoms with Gasteiger partial charge in [0.1, 0.15) is 5.82 Å². The van der Waals surface area contributed by atoms with E-state index in [2.05, 4.69) is 21.2 Å². The summed E-state index contributed by atoms with van der Waals surface area (Å²) in [5.74, 6) is -1.27. The number of carbonyl (C=O) groups is 2. The Labute approximate surface area is 131 Å². The van der Waals surface area contributed by atoms with Gasteiger partial charge in [-0.1, -0.05) is 6.07 Å². The molecule has 1 aliphatic carbocycles. The number of hydrogen-bond acceptors (Lipinski definition) is 3. The van der Waals surface area contributed by atoms with Gasteiger partial charge in [0, 0.05) is 10.5 Å². The first kappa shape index (κ1) is 15.9. The molecule has 0 aromatic heterocycles. The normalized spacial score (nSPS) is 21.7. The molecular weight excluding hydrogens is 341 g/mol. The van der Waals surface area contributed by atoms with Crippen LogP contribution in [0.3, 0.4) is 0 Å². The highest BCUT2D eigenvalue weighted by atomic mass is 79.9. The monoisotopic (exact) mass is 357 g/mol. The van der Waals surface area contributed by atoms with E-state index in [1.54, 1.807) is 6.07 Å². The SMILES string of the molecule is COC(=O)C1CCC(NC(=O)c2c(F)cccc2Br)CC1. The Balaban J connectivity index is 1.95. The molecule has 1 aromatic carbocycles. The van der Waals surface area contributed by atoms with Gasteiger partial charge in [-0.25, -0.2) is 4.39 Å². The molecule has 0 atom stereocenters. The summed E-state index contributed by atoms with van der Waals surface area (Å²) >= 11 is 3.19.